The minimum Gasteiger partial charge on any atom is -0.465 e. The van der Waals surface area contributed by atoms with E-state index in [-0.39, 0.29) is 18.2 Å². The van der Waals surface area contributed by atoms with Crippen LogP contribution in [0.2, 0.25) is 0 Å². The van der Waals surface area contributed by atoms with Crippen LogP contribution in [0.3, 0.4) is 0 Å². The predicted molar refractivity (Wildman–Crippen MR) is 125 cm³/mol. The lowest BCUT2D eigenvalue weighted by molar-refractivity contribution is 0.0525. The molecule has 0 saturated carbocycles. The second-order valence-corrected chi connectivity index (χ2v) is 7.80. The number of ether oxygens (including phenoxy) is 2. The first-order valence-electron chi connectivity index (χ1n) is 10.9. The molecule has 1 N–H and O–H groups in total. The minimum atomic E-state index is -0.559. The predicted octanol–water partition coefficient (Wildman–Crippen LogP) is 4.38. The molecule has 1 atom stereocenters. The van der Waals surface area contributed by atoms with E-state index in [1.165, 1.54) is 7.11 Å². The summed E-state index contributed by atoms with van der Waals surface area (Å²) < 4.78 is 15.4. The topological polar surface area (TPSA) is 115 Å². The first kappa shape index (κ1) is 22.1. The standard InChI is InChI=1S/C26H21N3O6/c1-3-34-26(32)17-10-12-18(13-11-17)29-23(15-6-8-16(9-7-15)25(31)33-2)20-21(19-5-4-14-35-19)27-28-22(20)24(29)30/h4-14,23H,3H2,1-2H3,(H,27,28)/t23-/m1/s1. The summed E-state index contributed by atoms with van der Waals surface area (Å²) in [4.78, 5) is 39.2. The lowest BCUT2D eigenvalue weighted by Gasteiger charge is -2.26. The number of amides is 1. The van der Waals surface area contributed by atoms with Crippen LogP contribution >= 0.6 is 0 Å². The van der Waals surface area contributed by atoms with Crippen LogP contribution in [0, 0.1) is 0 Å². The summed E-state index contributed by atoms with van der Waals surface area (Å²) in [6.07, 6.45) is 1.55. The zero-order valence-corrected chi connectivity index (χ0v) is 19.0. The van der Waals surface area contributed by atoms with Gasteiger partial charge in [-0.2, -0.15) is 5.10 Å². The van der Waals surface area contributed by atoms with Crippen molar-refractivity contribution in [2.45, 2.75) is 13.0 Å². The number of furan rings is 1. The highest BCUT2D eigenvalue weighted by Gasteiger charge is 2.43. The maximum absolute atomic E-state index is 13.6. The number of fused-ring (bicyclic) bond motifs is 1. The number of benzene rings is 2. The van der Waals surface area contributed by atoms with Gasteiger partial charge >= 0.3 is 11.9 Å². The fourth-order valence-corrected chi connectivity index (χ4v) is 4.22. The number of nitrogens with zero attached hydrogens (tertiary/aromatic N) is 2. The van der Waals surface area contributed by atoms with Crippen LogP contribution in [0.4, 0.5) is 5.69 Å². The van der Waals surface area contributed by atoms with E-state index >= 15 is 0 Å². The molecular weight excluding hydrogens is 450 g/mol. The summed E-state index contributed by atoms with van der Waals surface area (Å²) in [5, 5.41) is 7.22. The van der Waals surface area contributed by atoms with Gasteiger partial charge in [0.05, 0.1) is 37.1 Å². The van der Waals surface area contributed by atoms with Crippen molar-refractivity contribution in [1.82, 2.24) is 10.2 Å². The summed E-state index contributed by atoms with van der Waals surface area (Å²) in [5.74, 6) is -0.650. The molecule has 9 nitrogen and oxygen atoms in total. The summed E-state index contributed by atoms with van der Waals surface area (Å²) in [7, 11) is 1.32. The number of rotatable bonds is 6. The minimum absolute atomic E-state index is 0.269. The maximum Gasteiger partial charge on any atom is 0.338 e. The molecule has 3 heterocycles. The molecule has 1 aliphatic rings. The van der Waals surface area contributed by atoms with Crippen LogP contribution in [0.5, 0.6) is 0 Å². The van der Waals surface area contributed by atoms with Crippen LogP contribution < -0.4 is 4.90 Å². The number of H-pyrrole nitrogens is 1. The van der Waals surface area contributed by atoms with E-state index in [0.717, 1.165) is 5.56 Å². The molecule has 0 aliphatic carbocycles. The van der Waals surface area contributed by atoms with E-state index in [4.69, 9.17) is 13.9 Å². The molecule has 2 aromatic heterocycles. The molecule has 0 spiro atoms. The van der Waals surface area contributed by atoms with Crippen LogP contribution in [-0.4, -0.2) is 41.8 Å². The lowest BCUT2D eigenvalue weighted by Crippen LogP contribution is -2.29. The molecule has 2 aromatic carbocycles. The van der Waals surface area contributed by atoms with Gasteiger partial charge in [0.15, 0.2) is 11.5 Å². The molecule has 1 aliphatic heterocycles. The second kappa shape index (κ2) is 8.94. The number of carbonyl (C=O) groups excluding carboxylic acids is 3. The normalized spacial score (nSPS) is 14.6. The molecule has 0 saturated heterocycles. The Morgan fingerprint density at radius 2 is 1.71 bits per heavy atom. The maximum atomic E-state index is 13.6. The van der Waals surface area contributed by atoms with Gasteiger partial charge in [-0.3, -0.25) is 14.8 Å². The summed E-state index contributed by atoms with van der Waals surface area (Å²) in [6, 6.07) is 16.5. The quantitative estimate of drug-likeness (QED) is 0.415. The van der Waals surface area contributed by atoms with Crippen LogP contribution in [0.25, 0.3) is 11.5 Å². The molecule has 0 bridgehead atoms. The van der Waals surface area contributed by atoms with Crippen LogP contribution in [-0.2, 0) is 9.47 Å². The number of hydrogen-bond donors (Lipinski definition) is 1. The molecule has 4 aromatic rings. The van der Waals surface area contributed by atoms with Gasteiger partial charge < -0.3 is 13.9 Å². The molecule has 0 fully saturated rings. The van der Waals surface area contributed by atoms with Crippen molar-refractivity contribution in [3.8, 4) is 11.5 Å². The van der Waals surface area contributed by atoms with Gasteiger partial charge in [-0.1, -0.05) is 12.1 Å². The van der Waals surface area contributed by atoms with Gasteiger partial charge in [-0.25, -0.2) is 9.59 Å². The smallest absolute Gasteiger partial charge is 0.338 e. The van der Waals surface area contributed by atoms with Crippen molar-refractivity contribution in [2.24, 2.45) is 0 Å². The van der Waals surface area contributed by atoms with E-state index in [1.807, 2.05) is 0 Å². The third-order valence-corrected chi connectivity index (χ3v) is 5.83. The highest BCUT2D eigenvalue weighted by molar-refractivity contribution is 6.11. The van der Waals surface area contributed by atoms with Gasteiger partial charge in [0.25, 0.3) is 5.91 Å². The first-order valence-corrected chi connectivity index (χ1v) is 10.9. The molecule has 35 heavy (non-hydrogen) atoms. The van der Waals surface area contributed by atoms with Crippen molar-refractivity contribution in [3.05, 3.63) is 94.9 Å². The van der Waals surface area contributed by atoms with Crippen molar-refractivity contribution >= 4 is 23.5 Å². The Bertz CT molecular complexity index is 1390. The number of hydrogen-bond acceptors (Lipinski definition) is 7. The Kier molecular flexibility index (Phi) is 5.66. The Balaban J connectivity index is 1.61. The molecule has 5 rings (SSSR count). The summed E-state index contributed by atoms with van der Waals surface area (Å²) in [5.41, 5.74) is 3.63. The van der Waals surface area contributed by atoms with Crippen molar-refractivity contribution in [1.29, 1.82) is 0 Å². The van der Waals surface area contributed by atoms with Crippen LogP contribution in [0.1, 0.15) is 55.3 Å². The summed E-state index contributed by atoms with van der Waals surface area (Å²) in [6.45, 7) is 2.01. The Morgan fingerprint density at radius 3 is 2.34 bits per heavy atom. The largest absolute Gasteiger partial charge is 0.465 e. The highest BCUT2D eigenvalue weighted by atomic mass is 16.5. The number of aromatic nitrogens is 2. The third kappa shape index (κ3) is 3.76. The van der Waals surface area contributed by atoms with Crippen molar-refractivity contribution < 1.29 is 28.3 Å². The van der Waals surface area contributed by atoms with Crippen LogP contribution in [0.15, 0.2) is 71.3 Å². The highest BCUT2D eigenvalue weighted by Crippen LogP contribution is 2.45. The fraction of sp³-hybridized carbons (Fsp3) is 0.154. The van der Waals surface area contributed by atoms with Gasteiger partial charge in [-0.15, -0.1) is 0 Å². The van der Waals surface area contributed by atoms with E-state index in [0.29, 0.717) is 33.8 Å². The zero-order chi connectivity index (χ0) is 24.5. The van der Waals surface area contributed by atoms with Gasteiger partial charge in [0.1, 0.15) is 5.69 Å². The average molecular weight is 471 g/mol. The number of anilines is 1. The Labute approximate surface area is 200 Å². The monoisotopic (exact) mass is 471 g/mol. The van der Waals surface area contributed by atoms with E-state index in [9.17, 15) is 14.4 Å². The van der Waals surface area contributed by atoms with Gasteiger partial charge in [-0.05, 0) is 61.0 Å². The van der Waals surface area contributed by atoms with E-state index < -0.39 is 18.0 Å². The molecular formula is C26H21N3O6. The molecule has 176 valence electrons. The number of nitrogens with one attached hydrogen (secondary N) is 1. The van der Waals surface area contributed by atoms with Crippen molar-refractivity contribution in [3.63, 3.8) is 0 Å². The summed E-state index contributed by atoms with van der Waals surface area (Å²) >= 11 is 0. The van der Waals surface area contributed by atoms with E-state index in [2.05, 4.69) is 10.2 Å². The number of aromatic amines is 1. The van der Waals surface area contributed by atoms with Gasteiger partial charge in [0.2, 0.25) is 0 Å². The van der Waals surface area contributed by atoms with Gasteiger partial charge in [0, 0.05) is 11.3 Å². The number of esters is 2. The Morgan fingerprint density at radius 1 is 1.03 bits per heavy atom. The molecule has 9 heteroatoms. The van der Waals surface area contributed by atoms with Crippen molar-refractivity contribution in [2.75, 3.05) is 18.6 Å². The average Bonchev–Trinajstić information content (AvgIpc) is 3.62. The molecule has 0 unspecified atom stereocenters. The molecule has 1 amide bonds. The Hall–Kier alpha value is -4.66. The first-order chi connectivity index (χ1) is 17.0. The second-order valence-electron chi connectivity index (χ2n) is 7.80. The number of carbonyl (C=O) groups is 3. The zero-order valence-electron chi connectivity index (χ0n) is 19.0. The number of methoxy groups -OCH3 is 1. The fourth-order valence-electron chi connectivity index (χ4n) is 4.22. The SMILES string of the molecule is CCOC(=O)c1ccc(N2C(=O)c3n[nH]c(-c4ccco4)c3[C@H]2c2ccc(C(=O)OC)cc2)cc1. The third-order valence-electron chi connectivity index (χ3n) is 5.83. The molecule has 0 radical (unpaired) electrons. The lowest BCUT2D eigenvalue weighted by atomic mass is 9.96. The van der Waals surface area contributed by atoms with E-state index in [1.54, 1.807) is 78.8 Å².